The van der Waals surface area contributed by atoms with Crippen molar-refractivity contribution in [3.8, 4) is 5.75 Å². The van der Waals surface area contributed by atoms with Gasteiger partial charge in [-0.15, -0.1) is 10.2 Å². The molecule has 2 aromatic rings. The highest BCUT2D eigenvalue weighted by Gasteiger charge is 2.12. The third-order valence-electron chi connectivity index (χ3n) is 2.94. The summed E-state index contributed by atoms with van der Waals surface area (Å²) in [5, 5.41) is 12.2. The van der Waals surface area contributed by atoms with E-state index in [1.54, 1.807) is 17.0 Å². The lowest BCUT2D eigenvalue weighted by Gasteiger charge is -2.15. The van der Waals surface area contributed by atoms with Gasteiger partial charge in [0.15, 0.2) is 5.82 Å². The van der Waals surface area contributed by atoms with Crippen LogP contribution in [0.5, 0.6) is 5.75 Å². The Morgan fingerprint density at radius 1 is 1.33 bits per heavy atom. The minimum atomic E-state index is 0.298. The van der Waals surface area contributed by atoms with Gasteiger partial charge in [0.1, 0.15) is 18.7 Å². The molecule has 0 unspecified atom stereocenters. The molecule has 114 valence electrons. The minimum Gasteiger partial charge on any atom is -0.484 e. The molecule has 2 rings (SSSR count). The van der Waals surface area contributed by atoms with Crippen LogP contribution in [-0.4, -0.2) is 20.8 Å². The molecule has 0 amide bonds. The van der Waals surface area contributed by atoms with Gasteiger partial charge in [0, 0.05) is 30.2 Å². The summed E-state index contributed by atoms with van der Waals surface area (Å²) < 4.78 is 7.63. The number of aromatic nitrogens is 3. The molecule has 1 heterocycles. The van der Waals surface area contributed by atoms with E-state index in [-0.39, 0.29) is 0 Å². The van der Waals surface area contributed by atoms with Gasteiger partial charge in [-0.3, -0.25) is 0 Å². The first-order chi connectivity index (χ1) is 9.97. The summed E-state index contributed by atoms with van der Waals surface area (Å²) in [6, 6.07) is 3.89. The van der Waals surface area contributed by atoms with Crippen LogP contribution in [0.15, 0.2) is 18.5 Å². The van der Waals surface area contributed by atoms with E-state index >= 15 is 0 Å². The van der Waals surface area contributed by atoms with Crippen LogP contribution >= 0.6 is 23.2 Å². The molecule has 1 aromatic heterocycles. The van der Waals surface area contributed by atoms with Crippen LogP contribution in [-0.2, 0) is 20.2 Å². The van der Waals surface area contributed by atoms with E-state index < -0.39 is 0 Å². The number of rotatable bonds is 6. The monoisotopic (exact) mass is 328 g/mol. The van der Waals surface area contributed by atoms with Gasteiger partial charge in [0.05, 0.1) is 5.02 Å². The molecule has 1 aromatic carbocycles. The average Bonchev–Trinajstić information content (AvgIpc) is 2.80. The fourth-order valence-corrected chi connectivity index (χ4v) is 2.39. The largest absolute Gasteiger partial charge is 0.484 e. The highest BCUT2D eigenvalue weighted by Crippen LogP contribution is 2.33. The molecular weight excluding hydrogens is 311 g/mol. The number of hydrogen-bond acceptors (Lipinski definition) is 4. The Balaban J connectivity index is 2.18. The first-order valence-electron chi connectivity index (χ1n) is 6.64. The van der Waals surface area contributed by atoms with E-state index in [1.807, 2.05) is 13.1 Å². The molecule has 0 saturated carbocycles. The Morgan fingerprint density at radius 2 is 2.10 bits per heavy atom. The number of nitrogens with zero attached hydrogens (tertiary/aromatic N) is 3. The Morgan fingerprint density at radius 3 is 2.71 bits per heavy atom. The number of benzene rings is 1. The normalized spacial score (nSPS) is 11.1. The van der Waals surface area contributed by atoms with E-state index in [0.29, 0.717) is 35.0 Å². The van der Waals surface area contributed by atoms with Crippen molar-refractivity contribution >= 4 is 23.2 Å². The van der Waals surface area contributed by atoms with Gasteiger partial charge in [-0.1, -0.05) is 37.0 Å². The fourth-order valence-electron chi connectivity index (χ4n) is 1.80. The Bertz CT molecular complexity index is 613. The van der Waals surface area contributed by atoms with Crippen molar-refractivity contribution in [3.63, 3.8) is 0 Å². The number of ether oxygens (including phenoxy) is 1. The maximum absolute atomic E-state index is 6.25. The molecule has 5 nitrogen and oxygen atoms in total. The molecule has 0 aliphatic rings. The van der Waals surface area contributed by atoms with E-state index in [4.69, 9.17) is 27.9 Å². The zero-order valence-corrected chi connectivity index (χ0v) is 13.7. The molecule has 0 atom stereocenters. The van der Waals surface area contributed by atoms with Crippen LogP contribution < -0.4 is 10.1 Å². The lowest BCUT2D eigenvalue weighted by atomic mass is 10.2. The van der Waals surface area contributed by atoms with Gasteiger partial charge >= 0.3 is 0 Å². The van der Waals surface area contributed by atoms with Crippen LogP contribution in [0.2, 0.25) is 10.0 Å². The molecule has 0 radical (unpaired) electrons. The first kappa shape index (κ1) is 16.1. The molecule has 7 heteroatoms. The molecular formula is C14H18Cl2N4O. The van der Waals surface area contributed by atoms with Gasteiger partial charge in [-0.05, 0) is 12.1 Å². The lowest BCUT2D eigenvalue weighted by Crippen LogP contribution is -2.22. The lowest BCUT2D eigenvalue weighted by molar-refractivity contribution is 0.287. The number of halogens is 2. The third kappa shape index (κ3) is 4.33. The second-order valence-corrected chi connectivity index (χ2v) is 5.90. The van der Waals surface area contributed by atoms with Crippen molar-refractivity contribution in [2.45, 2.75) is 33.0 Å². The van der Waals surface area contributed by atoms with Crippen LogP contribution in [0.25, 0.3) is 0 Å². The predicted molar refractivity (Wildman–Crippen MR) is 83.8 cm³/mol. The Labute approximate surface area is 134 Å². The third-order valence-corrected chi connectivity index (χ3v) is 3.44. The molecule has 0 aliphatic heterocycles. The molecule has 1 N–H and O–H groups in total. The summed E-state index contributed by atoms with van der Waals surface area (Å²) in [6.07, 6.45) is 1.63. The van der Waals surface area contributed by atoms with Crippen molar-refractivity contribution in [2.75, 3.05) is 0 Å². The van der Waals surface area contributed by atoms with E-state index in [1.165, 1.54) is 0 Å². The van der Waals surface area contributed by atoms with Crippen LogP contribution in [0, 0.1) is 0 Å². The van der Waals surface area contributed by atoms with Crippen molar-refractivity contribution < 1.29 is 4.74 Å². The summed E-state index contributed by atoms with van der Waals surface area (Å²) in [5.74, 6) is 1.35. The molecule has 0 fully saturated rings. The van der Waals surface area contributed by atoms with Crippen LogP contribution in [0.3, 0.4) is 0 Å². The summed E-state index contributed by atoms with van der Waals surface area (Å²) in [6.45, 7) is 5.08. The Hall–Kier alpha value is -1.30. The second kappa shape index (κ2) is 7.11. The van der Waals surface area contributed by atoms with E-state index in [2.05, 4.69) is 29.4 Å². The maximum atomic E-state index is 6.25. The summed E-state index contributed by atoms with van der Waals surface area (Å²) in [5.41, 5.74) is 0.920. The summed E-state index contributed by atoms with van der Waals surface area (Å²) in [4.78, 5) is 0. The van der Waals surface area contributed by atoms with Crippen molar-refractivity contribution in [1.82, 2.24) is 20.1 Å². The maximum Gasteiger partial charge on any atom is 0.170 e. The van der Waals surface area contributed by atoms with Gasteiger partial charge in [-0.2, -0.15) is 0 Å². The van der Waals surface area contributed by atoms with Crippen LogP contribution in [0.1, 0.15) is 25.2 Å². The van der Waals surface area contributed by atoms with Gasteiger partial charge in [0.25, 0.3) is 0 Å². The van der Waals surface area contributed by atoms with Gasteiger partial charge in [-0.25, -0.2) is 0 Å². The standard InChI is InChI=1S/C14H18Cl2N4O/c1-9(2)17-6-10-4-11(15)5-12(16)14(10)21-7-13-19-18-8-20(13)3/h4-5,8-9,17H,6-7H2,1-3H3. The zero-order valence-electron chi connectivity index (χ0n) is 12.2. The van der Waals surface area contributed by atoms with Gasteiger partial charge in [0.2, 0.25) is 0 Å². The minimum absolute atomic E-state index is 0.298. The smallest absolute Gasteiger partial charge is 0.170 e. The van der Waals surface area contributed by atoms with E-state index in [0.717, 1.165) is 11.4 Å². The van der Waals surface area contributed by atoms with Gasteiger partial charge < -0.3 is 14.6 Å². The summed E-state index contributed by atoms with van der Waals surface area (Å²) in [7, 11) is 1.86. The van der Waals surface area contributed by atoms with Crippen molar-refractivity contribution in [1.29, 1.82) is 0 Å². The highest BCUT2D eigenvalue weighted by molar-refractivity contribution is 6.35. The SMILES string of the molecule is CC(C)NCc1cc(Cl)cc(Cl)c1OCc1nncn1C. The van der Waals surface area contributed by atoms with Crippen LogP contribution in [0.4, 0.5) is 0 Å². The topological polar surface area (TPSA) is 52.0 Å². The van der Waals surface area contributed by atoms with Crippen molar-refractivity contribution in [3.05, 3.63) is 39.9 Å². The molecule has 21 heavy (non-hydrogen) atoms. The van der Waals surface area contributed by atoms with E-state index in [9.17, 15) is 0 Å². The zero-order chi connectivity index (χ0) is 15.4. The molecule has 0 bridgehead atoms. The predicted octanol–water partition coefficient (Wildman–Crippen LogP) is 3.20. The Kier molecular flexibility index (Phi) is 5.45. The average molecular weight is 329 g/mol. The fraction of sp³-hybridized carbons (Fsp3) is 0.429. The molecule has 0 saturated heterocycles. The summed E-state index contributed by atoms with van der Waals surface area (Å²) >= 11 is 12.3. The number of hydrogen-bond donors (Lipinski definition) is 1. The quantitative estimate of drug-likeness (QED) is 0.884. The second-order valence-electron chi connectivity index (χ2n) is 5.06. The first-order valence-corrected chi connectivity index (χ1v) is 7.40. The van der Waals surface area contributed by atoms with Crippen molar-refractivity contribution in [2.24, 2.45) is 7.05 Å². The number of aryl methyl sites for hydroxylation is 1. The molecule has 0 spiro atoms. The number of nitrogens with one attached hydrogen (secondary N) is 1. The highest BCUT2D eigenvalue weighted by atomic mass is 35.5. The molecule has 0 aliphatic carbocycles.